The largest absolute Gasteiger partial charge is 0.494 e. The van der Waals surface area contributed by atoms with Gasteiger partial charge in [-0.3, -0.25) is 9.10 Å². The Kier molecular flexibility index (Phi) is 9.27. The summed E-state index contributed by atoms with van der Waals surface area (Å²) in [5, 5.41) is 3.95. The number of esters is 1. The predicted molar refractivity (Wildman–Crippen MR) is 152 cm³/mol. The number of hydrogen-bond acceptors (Lipinski definition) is 7. The van der Waals surface area contributed by atoms with Gasteiger partial charge in [0, 0.05) is 0 Å². The van der Waals surface area contributed by atoms with Crippen LogP contribution in [-0.4, -0.2) is 39.7 Å². The molecule has 0 unspecified atom stereocenters. The van der Waals surface area contributed by atoms with E-state index < -0.39 is 28.4 Å². The minimum absolute atomic E-state index is 0.0493. The van der Waals surface area contributed by atoms with Crippen LogP contribution in [0.1, 0.15) is 22.8 Å². The van der Waals surface area contributed by atoms with Crippen LogP contribution in [0.3, 0.4) is 0 Å². The molecule has 9 nitrogen and oxygen atoms in total. The smallest absolute Gasteiger partial charge is 0.343 e. The molecular weight excluding hydrogens is 530 g/mol. The number of hydrogen-bond donors (Lipinski definition) is 1. The summed E-state index contributed by atoms with van der Waals surface area (Å²) in [5.74, 6) is -0.180. The van der Waals surface area contributed by atoms with Crippen LogP contribution in [0, 0.1) is 0 Å². The number of nitrogens with zero attached hydrogens (tertiary/aromatic N) is 2. The van der Waals surface area contributed by atoms with Crippen LogP contribution in [-0.2, 0) is 14.8 Å². The predicted octanol–water partition coefficient (Wildman–Crippen LogP) is 4.65. The molecule has 0 aliphatic carbocycles. The van der Waals surface area contributed by atoms with Crippen LogP contribution >= 0.6 is 0 Å². The summed E-state index contributed by atoms with van der Waals surface area (Å²) in [7, 11) is -4.05. The summed E-state index contributed by atoms with van der Waals surface area (Å²) in [6.07, 6.45) is 1.40. The van der Waals surface area contributed by atoms with Crippen molar-refractivity contribution in [2.75, 3.05) is 17.5 Å². The van der Waals surface area contributed by atoms with Gasteiger partial charge in [-0.25, -0.2) is 18.6 Å². The Bertz CT molecular complexity index is 1560. The monoisotopic (exact) mass is 557 g/mol. The van der Waals surface area contributed by atoms with Gasteiger partial charge in [0.1, 0.15) is 18.0 Å². The van der Waals surface area contributed by atoms with Crippen molar-refractivity contribution in [2.24, 2.45) is 5.10 Å². The topological polar surface area (TPSA) is 114 Å². The molecular formula is C30H27N3O6S. The minimum Gasteiger partial charge on any atom is -0.494 e. The van der Waals surface area contributed by atoms with Crippen molar-refractivity contribution in [3.63, 3.8) is 0 Å². The molecule has 0 fully saturated rings. The highest BCUT2D eigenvalue weighted by molar-refractivity contribution is 7.92. The van der Waals surface area contributed by atoms with Gasteiger partial charge in [0.2, 0.25) is 0 Å². The summed E-state index contributed by atoms with van der Waals surface area (Å²) < 4.78 is 38.6. The molecule has 0 aromatic heterocycles. The normalized spacial score (nSPS) is 11.1. The van der Waals surface area contributed by atoms with E-state index in [1.165, 1.54) is 18.3 Å². The molecule has 10 heteroatoms. The Morgan fingerprint density at radius 1 is 0.825 bits per heavy atom. The second-order valence-electron chi connectivity index (χ2n) is 8.37. The van der Waals surface area contributed by atoms with Gasteiger partial charge in [-0.15, -0.1) is 0 Å². The molecule has 4 rings (SSSR count). The zero-order valence-corrected chi connectivity index (χ0v) is 22.5. The molecule has 0 atom stereocenters. The quantitative estimate of drug-likeness (QED) is 0.124. The number of carbonyl (C=O) groups excluding carboxylic acids is 2. The second-order valence-corrected chi connectivity index (χ2v) is 10.2. The molecule has 4 aromatic carbocycles. The summed E-state index contributed by atoms with van der Waals surface area (Å²) in [4.78, 5) is 25.0. The Balaban J connectivity index is 1.42. The maximum atomic E-state index is 13.4. The highest BCUT2D eigenvalue weighted by Crippen LogP contribution is 2.25. The van der Waals surface area contributed by atoms with Crippen molar-refractivity contribution in [1.82, 2.24) is 5.43 Å². The minimum atomic E-state index is -4.05. The number of anilines is 1. The van der Waals surface area contributed by atoms with E-state index in [1.807, 2.05) is 13.0 Å². The summed E-state index contributed by atoms with van der Waals surface area (Å²) in [5.41, 5.74) is 3.73. The summed E-state index contributed by atoms with van der Waals surface area (Å²) in [6, 6.07) is 29.5. The van der Waals surface area contributed by atoms with Crippen molar-refractivity contribution >= 4 is 33.8 Å². The molecule has 40 heavy (non-hydrogen) atoms. The van der Waals surface area contributed by atoms with Crippen LogP contribution in [0.5, 0.6) is 11.5 Å². The Morgan fingerprint density at radius 3 is 2.05 bits per heavy atom. The lowest BCUT2D eigenvalue weighted by atomic mass is 10.2. The number of amides is 1. The maximum Gasteiger partial charge on any atom is 0.343 e. The van der Waals surface area contributed by atoms with Gasteiger partial charge in [-0.05, 0) is 85.3 Å². The van der Waals surface area contributed by atoms with Crippen LogP contribution in [0.2, 0.25) is 0 Å². The lowest BCUT2D eigenvalue weighted by molar-refractivity contribution is -0.119. The van der Waals surface area contributed by atoms with Gasteiger partial charge >= 0.3 is 5.97 Å². The average molecular weight is 558 g/mol. The Labute approximate surface area is 232 Å². The molecule has 1 N–H and O–H groups in total. The number of rotatable bonds is 11. The fourth-order valence-corrected chi connectivity index (χ4v) is 5.06. The Hall–Kier alpha value is -4.96. The fraction of sp³-hybridized carbons (Fsp3) is 0.100. The van der Waals surface area contributed by atoms with E-state index in [1.54, 1.807) is 91.0 Å². The van der Waals surface area contributed by atoms with E-state index in [4.69, 9.17) is 9.47 Å². The molecule has 0 heterocycles. The highest BCUT2D eigenvalue weighted by atomic mass is 32.2. The molecule has 0 aliphatic rings. The fourth-order valence-electron chi connectivity index (χ4n) is 3.62. The maximum absolute atomic E-state index is 13.4. The molecule has 0 bridgehead atoms. The molecule has 0 saturated carbocycles. The third-order valence-corrected chi connectivity index (χ3v) is 7.35. The van der Waals surface area contributed by atoms with Crippen LogP contribution in [0.25, 0.3) is 0 Å². The first-order valence-corrected chi connectivity index (χ1v) is 13.8. The van der Waals surface area contributed by atoms with Gasteiger partial charge in [-0.1, -0.05) is 36.4 Å². The van der Waals surface area contributed by atoms with Crippen molar-refractivity contribution < 1.29 is 27.5 Å². The van der Waals surface area contributed by atoms with Gasteiger partial charge in [0.05, 0.1) is 29.0 Å². The van der Waals surface area contributed by atoms with E-state index in [-0.39, 0.29) is 4.90 Å². The SMILES string of the molecule is CCOc1ccc(N(CC(=O)NN=Cc2ccc(OC(=O)c3ccccc3)cc2)S(=O)(=O)c2ccccc2)cc1. The molecule has 0 radical (unpaired) electrons. The lowest BCUT2D eigenvalue weighted by Crippen LogP contribution is -2.39. The van der Waals surface area contributed by atoms with E-state index in [9.17, 15) is 18.0 Å². The molecule has 0 saturated heterocycles. The number of nitrogens with one attached hydrogen (secondary N) is 1. The van der Waals surface area contributed by atoms with Gasteiger partial charge in [0.15, 0.2) is 0 Å². The molecule has 4 aromatic rings. The number of hydrazone groups is 1. The number of ether oxygens (including phenoxy) is 2. The van der Waals surface area contributed by atoms with E-state index in [0.717, 1.165) is 4.31 Å². The zero-order valence-electron chi connectivity index (χ0n) is 21.6. The van der Waals surface area contributed by atoms with Gasteiger partial charge in [-0.2, -0.15) is 5.10 Å². The van der Waals surface area contributed by atoms with Crippen LogP contribution < -0.4 is 19.2 Å². The first kappa shape index (κ1) is 28.1. The molecule has 204 valence electrons. The van der Waals surface area contributed by atoms with Crippen LogP contribution in [0.4, 0.5) is 5.69 Å². The van der Waals surface area contributed by atoms with E-state index in [2.05, 4.69) is 10.5 Å². The molecule has 0 aliphatic heterocycles. The van der Waals surface area contributed by atoms with Crippen molar-refractivity contribution in [1.29, 1.82) is 0 Å². The first-order chi connectivity index (χ1) is 19.4. The first-order valence-electron chi connectivity index (χ1n) is 12.4. The van der Waals surface area contributed by atoms with E-state index >= 15 is 0 Å². The second kappa shape index (κ2) is 13.2. The third-order valence-electron chi connectivity index (χ3n) is 5.56. The number of benzene rings is 4. The van der Waals surface area contributed by atoms with Gasteiger partial charge in [0.25, 0.3) is 15.9 Å². The number of carbonyl (C=O) groups is 2. The Morgan fingerprint density at radius 2 is 1.43 bits per heavy atom. The zero-order chi connectivity index (χ0) is 28.4. The molecule has 0 spiro atoms. The van der Waals surface area contributed by atoms with Crippen LogP contribution in [0.15, 0.2) is 119 Å². The average Bonchev–Trinajstić information content (AvgIpc) is 2.98. The lowest BCUT2D eigenvalue weighted by Gasteiger charge is -2.24. The summed E-state index contributed by atoms with van der Waals surface area (Å²) in [6.45, 7) is 1.81. The molecule has 1 amide bonds. The van der Waals surface area contributed by atoms with Gasteiger partial charge < -0.3 is 9.47 Å². The highest BCUT2D eigenvalue weighted by Gasteiger charge is 2.27. The number of sulfonamides is 1. The third kappa shape index (κ3) is 7.33. The summed E-state index contributed by atoms with van der Waals surface area (Å²) >= 11 is 0. The van der Waals surface area contributed by atoms with E-state index in [0.29, 0.717) is 34.9 Å². The van der Waals surface area contributed by atoms with Crippen molar-refractivity contribution in [3.05, 3.63) is 120 Å². The van der Waals surface area contributed by atoms with Crippen molar-refractivity contribution in [3.8, 4) is 11.5 Å². The standard InChI is InChI=1S/C30H27N3O6S/c1-2-38-26-19-15-25(16-20-26)33(40(36,37)28-11-7-4-8-12-28)22-29(34)32-31-21-23-13-17-27(18-14-23)39-30(35)24-9-5-3-6-10-24/h3-21H,2,22H2,1H3,(H,32,34). The van der Waals surface area contributed by atoms with Crippen molar-refractivity contribution in [2.45, 2.75) is 11.8 Å².